The van der Waals surface area contributed by atoms with Crippen molar-refractivity contribution in [1.29, 1.82) is 0 Å². The van der Waals surface area contributed by atoms with Crippen LogP contribution in [0.2, 0.25) is 0 Å². The van der Waals surface area contributed by atoms with Crippen LogP contribution in [0.25, 0.3) is 0 Å². The molecule has 0 atom stereocenters. The van der Waals surface area contributed by atoms with E-state index in [1.807, 2.05) is 0 Å². The number of hydrogen-bond donors (Lipinski definition) is 1. The van der Waals surface area contributed by atoms with Crippen LogP contribution in [0.5, 0.6) is 0 Å². The maximum atomic E-state index is 12.2. The topological polar surface area (TPSA) is 74.7 Å². The zero-order chi connectivity index (χ0) is 13.9. The summed E-state index contributed by atoms with van der Waals surface area (Å²) < 4.78 is 25.8. The van der Waals surface area contributed by atoms with Crippen LogP contribution in [-0.2, 0) is 10.0 Å². The first kappa shape index (κ1) is 14.9. The molecule has 100 valence electrons. The molecule has 0 saturated carbocycles. The second-order valence-electron chi connectivity index (χ2n) is 3.85. The molecule has 1 aromatic heterocycles. The van der Waals surface area contributed by atoms with Crippen LogP contribution >= 0.6 is 11.3 Å². The molecule has 0 radical (unpaired) electrons. The van der Waals surface area contributed by atoms with Crippen LogP contribution in [0.15, 0.2) is 27.8 Å². The minimum absolute atomic E-state index is 0.00930. The number of aromatic carboxylic acids is 1. The number of likely N-dealkylation sites (N-methyl/N-ethyl adjacent to an activating group) is 1. The molecule has 0 aliphatic carbocycles. The zero-order valence-corrected chi connectivity index (χ0v) is 11.8. The van der Waals surface area contributed by atoms with E-state index in [4.69, 9.17) is 5.11 Å². The maximum Gasteiger partial charge on any atom is 0.336 e. The molecule has 0 aliphatic rings. The lowest BCUT2D eigenvalue weighted by Gasteiger charge is -2.19. The van der Waals surface area contributed by atoms with Crippen molar-refractivity contribution in [3.05, 3.63) is 29.2 Å². The Bertz CT molecular complexity index is 559. The van der Waals surface area contributed by atoms with E-state index in [2.05, 4.69) is 6.58 Å². The van der Waals surface area contributed by atoms with Crippen molar-refractivity contribution in [2.75, 3.05) is 13.1 Å². The van der Waals surface area contributed by atoms with Crippen LogP contribution in [0, 0.1) is 0 Å². The van der Waals surface area contributed by atoms with E-state index in [1.165, 1.54) is 15.8 Å². The predicted molar refractivity (Wildman–Crippen MR) is 70.5 cm³/mol. The standard InChI is InChI=1S/C11H15NO4S2/c1-4-12(6-8(2)3)18(15,16)10-5-9(7-17-10)11(13)14/h5,7H,2,4,6H2,1,3H3,(H,13,14). The molecule has 0 unspecified atom stereocenters. The van der Waals surface area contributed by atoms with Gasteiger partial charge in [0.1, 0.15) is 4.21 Å². The van der Waals surface area contributed by atoms with Gasteiger partial charge in [-0.25, -0.2) is 13.2 Å². The number of sulfonamides is 1. The van der Waals surface area contributed by atoms with Crippen LogP contribution < -0.4 is 0 Å². The Morgan fingerprint density at radius 1 is 1.56 bits per heavy atom. The fourth-order valence-electron chi connectivity index (χ4n) is 1.36. The summed E-state index contributed by atoms with van der Waals surface area (Å²) in [5.41, 5.74) is 0.723. The summed E-state index contributed by atoms with van der Waals surface area (Å²) in [5.74, 6) is -1.13. The van der Waals surface area contributed by atoms with Crippen LogP contribution in [-0.4, -0.2) is 36.9 Å². The van der Waals surface area contributed by atoms with E-state index in [9.17, 15) is 13.2 Å². The zero-order valence-electron chi connectivity index (χ0n) is 10.2. The first-order valence-electron chi connectivity index (χ1n) is 5.25. The Labute approximate surface area is 110 Å². The Kier molecular flexibility index (Phi) is 4.66. The lowest BCUT2D eigenvalue weighted by molar-refractivity contribution is 0.0697. The average molecular weight is 289 g/mol. The minimum atomic E-state index is -3.63. The Morgan fingerprint density at radius 3 is 2.56 bits per heavy atom. The van der Waals surface area contributed by atoms with E-state index < -0.39 is 16.0 Å². The number of rotatable bonds is 6. The SMILES string of the molecule is C=C(C)CN(CC)S(=O)(=O)c1cc(C(=O)O)cs1. The maximum absolute atomic E-state index is 12.2. The number of carbonyl (C=O) groups is 1. The highest BCUT2D eigenvalue weighted by Gasteiger charge is 2.25. The molecule has 1 N–H and O–H groups in total. The molecule has 1 rings (SSSR count). The molecule has 1 heterocycles. The van der Waals surface area contributed by atoms with Gasteiger partial charge < -0.3 is 5.11 Å². The summed E-state index contributed by atoms with van der Waals surface area (Å²) in [6, 6.07) is 1.18. The van der Waals surface area contributed by atoms with Crippen molar-refractivity contribution < 1.29 is 18.3 Å². The third-order valence-corrected chi connectivity index (χ3v) is 5.55. The fourth-order valence-corrected chi connectivity index (χ4v) is 4.17. The highest BCUT2D eigenvalue weighted by Crippen LogP contribution is 2.24. The third kappa shape index (κ3) is 3.18. The molecular formula is C11H15NO4S2. The van der Waals surface area contributed by atoms with E-state index in [0.717, 1.165) is 16.9 Å². The van der Waals surface area contributed by atoms with Gasteiger partial charge in [-0.3, -0.25) is 0 Å². The molecule has 0 aliphatic heterocycles. The van der Waals surface area contributed by atoms with Gasteiger partial charge in [0.15, 0.2) is 0 Å². The Hall–Kier alpha value is -1.18. The first-order valence-corrected chi connectivity index (χ1v) is 7.57. The minimum Gasteiger partial charge on any atom is -0.478 e. The van der Waals surface area contributed by atoms with Gasteiger partial charge in [0.2, 0.25) is 0 Å². The van der Waals surface area contributed by atoms with Gasteiger partial charge in [-0.15, -0.1) is 11.3 Å². The van der Waals surface area contributed by atoms with Gasteiger partial charge >= 0.3 is 5.97 Å². The summed E-state index contributed by atoms with van der Waals surface area (Å²) in [5, 5.41) is 10.1. The predicted octanol–water partition coefficient (Wildman–Crippen LogP) is 2.03. The number of hydrogen-bond acceptors (Lipinski definition) is 4. The third-order valence-electron chi connectivity index (χ3n) is 2.22. The molecule has 0 aromatic carbocycles. The van der Waals surface area contributed by atoms with Crippen LogP contribution in [0.3, 0.4) is 0 Å². The molecule has 0 saturated heterocycles. The first-order chi connectivity index (χ1) is 8.28. The number of thiophene rings is 1. The van der Waals surface area contributed by atoms with Gasteiger partial charge in [0, 0.05) is 18.5 Å². The van der Waals surface area contributed by atoms with Gasteiger partial charge in [0.25, 0.3) is 10.0 Å². The number of carboxylic acids is 1. The molecule has 0 spiro atoms. The fraction of sp³-hybridized carbons (Fsp3) is 0.364. The second-order valence-corrected chi connectivity index (χ2v) is 6.92. The van der Waals surface area contributed by atoms with Crippen molar-refractivity contribution in [2.24, 2.45) is 0 Å². The van der Waals surface area contributed by atoms with Gasteiger partial charge in [-0.2, -0.15) is 4.31 Å². The monoisotopic (exact) mass is 289 g/mol. The summed E-state index contributed by atoms with van der Waals surface area (Å²) in [6.45, 7) is 7.71. The summed E-state index contributed by atoms with van der Waals surface area (Å²) >= 11 is 0.915. The summed E-state index contributed by atoms with van der Waals surface area (Å²) in [6.07, 6.45) is 0. The van der Waals surface area contributed by atoms with Gasteiger partial charge in [-0.05, 0) is 13.0 Å². The number of carboxylic acid groups (broad SMARTS) is 1. The lowest BCUT2D eigenvalue weighted by atomic mass is 10.3. The van der Waals surface area contributed by atoms with Crippen molar-refractivity contribution in [3.63, 3.8) is 0 Å². The normalized spacial score (nSPS) is 11.7. The van der Waals surface area contributed by atoms with Crippen molar-refractivity contribution in [1.82, 2.24) is 4.31 Å². The van der Waals surface area contributed by atoms with Crippen molar-refractivity contribution >= 4 is 27.3 Å². The van der Waals surface area contributed by atoms with Gasteiger partial charge in [-0.1, -0.05) is 19.1 Å². The number of nitrogens with zero attached hydrogens (tertiary/aromatic N) is 1. The Morgan fingerprint density at radius 2 is 2.17 bits per heavy atom. The van der Waals surface area contributed by atoms with Crippen molar-refractivity contribution in [3.8, 4) is 0 Å². The van der Waals surface area contributed by atoms with Crippen LogP contribution in [0.1, 0.15) is 24.2 Å². The molecule has 0 bridgehead atoms. The summed E-state index contributed by atoms with van der Waals surface area (Å²) in [7, 11) is -3.63. The molecule has 18 heavy (non-hydrogen) atoms. The molecule has 0 amide bonds. The molecule has 0 fully saturated rings. The van der Waals surface area contributed by atoms with E-state index >= 15 is 0 Å². The largest absolute Gasteiger partial charge is 0.478 e. The lowest BCUT2D eigenvalue weighted by Crippen LogP contribution is -2.31. The molecular weight excluding hydrogens is 274 g/mol. The van der Waals surface area contributed by atoms with Crippen LogP contribution in [0.4, 0.5) is 0 Å². The van der Waals surface area contributed by atoms with E-state index in [0.29, 0.717) is 6.54 Å². The van der Waals surface area contributed by atoms with Crippen molar-refractivity contribution in [2.45, 2.75) is 18.1 Å². The highest BCUT2D eigenvalue weighted by molar-refractivity contribution is 7.91. The highest BCUT2D eigenvalue weighted by atomic mass is 32.2. The smallest absolute Gasteiger partial charge is 0.336 e. The quantitative estimate of drug-likeness (QED) is 0.813. The van der Waals surface area contributed by atoms with E-state index in [-0.39, 0.29) is 16.3 Å². The molecule has 1 aromatic rings. The Balaban J connectivity index is 3.10. The second kappa shape index (κ2) is 5.64. The average Bonchev–Trinajstić information content (AvgIpc) is 2.75. The van der Waals surface area contributed by atoms with E-state index in [1.54, 1.807) is 13.8 Å². The summed E-state index contributed by atoms with van der Waals surface area (Å²) in [4.78, 5) is 10.7. The van der Waals surface area contributed by atoms with Gasteiger partial charge in [0.05, 0.1) is 5.56 Å². The molecule has 5 nitrogen and oxygen atoms in total. The molecule has 7 heteroatoms.